The quantitative estimate of drug-likeness (QED) is 0.864. The number of amides is 1. The van der Waals surface area contributed by atoms with Gasteiger partial charge < -0.3 is 19.0 Å². The number of hydrogen-bond acceptors (Lipinski definition) is 5. The predicted molar refractivity (Wildman–Crippen MR) is 96.3 cm³/mol. The van der Waals surface area contributed by atoms with E-state index in [0.29, 0.717) is 11.6 Å². The summed E-state index contributed by atoms with van der Waals surface area (Å²) in [7, 11) is 0. The van der Waals surface area contributed by atoms with Gasteiger partial charge in [0.15, 0.2) is 0 Å². The number of rotatable bonds is 4. The lowest BCUT2D eigenvalue weighted by molar-refractivity contribution is 0.0332. The van der Waals surface area contributed by atoms with Crippen molar-refractivity contribution in [3.8, 4) is 0 Å². The zero-order valence-corrected chi connectivity index (χ0v) is 14.9. The van der Waals surface area contributed by atoms with Crippen LogP contribution in [0.1, 0.15) is 29.8 Å². The van der Waals surface area contributed by atoms with Crippen LogP contribution in [-0.2, 0) is 4.74 Å². The van der Waals surface area contributed by atoms with Gasteiger partial charge in [0, 0.05) is 44.8 Å². The van der Waals surface area contributed by atoms with Crippen molar-refractivity contribution in [2.45, 2.75) is 19.3 Å². The number of imidazole rings is 1. The molecule has 4 rings (SSSR count). The number of likely N-dealkylation sites (tertiary alicyclic amines) is 1. The van der Waals surface area contributed by atoms with E-state index in [9.17, 15) is 9.59 Å². The van der Waals surface area contributed by atoms with Gasteiger partial charge in [-0.3, -0.25) is 14.5 Å². The highest BCUT2D eigenvalue weighted by Gasteiger charge is 2.26. The molecule has 0 radical (unpaired) electrons. The van der Waals surface area contributed by atoms with Crippen LogP contribution in [0.25, 0.3) is 5.65 Å². The van der Waals surface area contributed by atoms with E-state index in [1.165, 1.54) is 6.42 Å². The smallest absolute Gasteiger partial charge is 0.291 e. The molecule has 8 heteroatoms. The first-order valence-electron chi connectivity index (χ1n) is 9.36. The van der Waals surface area contributed by atoms with Crippen molar-refractivity contribution >= 4 is 11.6 Å². The van der Waals surface area contributed by atoms with E-state index < -0.39 is 0 Å². The minimum absolute atomic E-state index is 0.0836. The summed E-state index contributed by atoms with van der Waals surface area (Å²) in [6, 6.07) is 0. The molecule has 0 aromatic carbocycles. The first kappa shape index (κ1) is 17.2. The number of morpholine rings is 1. The van der Waals surface area contributed by atoms with Gasteiger partial charge in [0.05, 0.1) is 13.2 Å². The second-order valence-corrected chi connectivity index (χ2v) is 7.12. The molecule has 2 fully saturated rings. The summed E-state index contributed by atoms with van der Waals surface area (Å²) in [5, 5.41) is 0. The van der Waals surface area contributed by atoms with Crippen LogP contribution in [0.15, 0.2) is 23.4 Å². The van der Waals surface area contributed by atoms with Crippen molar-refractivity contribution in [1.82, 2.24) is 24.2 Å². The van der Waals surface area contributed by atoms with Crippen molar-refractivity contribution in [3.63, 3.8) is 0 Å². The molecule has 8 nitrogen and oxygen atoms in total. The lowest BCUT2D eigenvalue weighted by atomic mass is 9.93. The summed E-state index contributed by atoms with van der Waals surface area (Å²) >= 11 is 0. The summed E-state index contributed by atoms with van der Waals surface area (Å²) in [5.41, 5.74) is 0.318. The Kier molecular flexibility index (Phi) is 5.03. The molecule has 0 aliphatic carbocycles. The average molecular weight is 359 g/mol. The first-order valence-corrected chi connectivity index (χ1v) is 9.36. The number of aromatic nitrogens is 3. The Balaban J connectivity index is 1.31. The largest absolute Gasteiger partial charge is 0.379 e. The van der Waals surface area contributed by atoms with Gasteiger partial charge >= 0.3 is 0 Å². The van der Waals surface area contributed by atoms with Crippen LogP contribution in [0, 0.1) is 5.92 Å². The second kappa shape index (κ2) is 7.59. The van der Waals surface area contributed by atoms with E-state index in [0.717, 1.165) is 58.8 Å². The van der Waals surface area contributed by atoms with Gasteiger partial charge in [-0.05, 0) is 31.7 Å². The zero-order valence-electron chi connectivity index (χ0n) is 14.9. The maximum Gasteiger partial charge on any atom is 0.291 e. The number of aromatic amines is 1. The molecular formula is C18H25N5O3. The van der Waals surface area contributed by atoms with Crippen molar-refractivity contribution in [2.75, 3.05) is 45.9 Å². The Morgan fingerprint density at radius 3 is 2.73 bits per heavy atom. The Morgan fingerprint density at radius 2 is 2.00 bits per heavy atom. The molecule has 2 saturated heterocycles. The first-order chi connectivity index (χ1) is 12.7. The van der Waals surface area contributed by atoms with Gasteiger partial charge in [-0.15, -0.1) is 0 Å². The van der Waals surface area contributed by atoms with Gasteiger partial charge in [0.25, 0.3) is 11.5 Å². The molecular weight excluding hydrogens is 334 g/mol. The van der Waals surface area contributed by atoms with Gasteiger partial charge in [-0.1, -0.05) is 0 Å². The average Bonchev–Trinajstić information content (AvgIpc) is 3.13. The molecule has 0 bridgehead atoms. The van der Waals surface area contributed by atoms with Gasteiger partial charge in [0.2, 0.25) is 5.65 Å². The van der Waals surface area contributed by atoms with Crippen molar-refractivity contribution in [1.29, 1.82) is 0 Å². The van der Waals surface area contributed by atoms with Crippen molar-refractivity contribution in [3.05, 3.63) is 34.6 Å². The van der Waals surface area contributed by atoms with Crippen LogP contribution >= 0.6 is 0 Å². The molecule has 0 saturated carbocycles. The van der Waals surface area contributed by atoms with Gasteiger partial charge in [-0.25, -0.2) is 4.98 Å². The lowest BCUT2D eigenvalue weighted by Crippen LogP contribution is -2.41. The maximum atomic E-state index is 12.7. The van der Waals surface area contributed by atoms with E-state index in [4.69, 9.17) is 4.74 Å². The number of nitrogens with zero attached hydrogens (tertiary/aromatic N) is 4. The molecule has 0 unspecified atom stereocenters. The number of fused-ring (bicyclic) bond motifs is 1. The van der Waals surface area contributed by atoms with Crippen LogP contribution in [0.2, 0.25) is 0 Å². The number of H-pyrrole nitrogens is 1. The molecule has 1 amide bonds. The summed E-state index contributed by atoms with van der Waals surface area (Å²) < 4.78 is 6.99. The topological polar surface area (TPSA) is 82.9 Å². The van der Waals surface area contributed by atoms with Crippen molar-refractivity contribution < 1.29 is 9.53 Å². The minimum Gasteiger partial charge on any atom is -0.379 e. The fourth-order valence-corrected chi connectivity index (χ4v) is 3.81. The lowest BCUT2D eigenvalue weighted by Gasteiger charge is -2.33. The summed E-state index contributed by atoms with van der Waals surface area (Å²) in [6.45, 7) is 6.39. The van der Waals surface area contributed by atoms with E-state index in [2.05, 4.69) is 14.9 Å². The van der Waals surface area contributed by atoms with Crippen LogP contribution in [0.4, 0.5) is 0 Å². The molecule has 1 N–H and O–H groups in total. The number of carbonyl (C=O) groups is 1. The molecule has 2 aromatic heterocycles. The summed E-state index contributed by atoms with van der Waals surface area (Å²) in [5.74, 6) is 0.588. The normalized spacial score (nSPS) is 19.9. The van der Waals surface area contributed by atoms with Crippen LogP contribution in [0.3, 0.4) is 0 Å². The van der Waals surface area contributed by atoms with E-state index >= 15 is 0 Å². The third-order valence-electron chi connectivity index (χ3n) is 5.46. The standard InChI is InChI=1S/C18H25N5O3/c24-17-16-20-15(13-23(16)8-4-19-17)18(25)22-6-2-14(3-7-22)1-5-21-9-11-26-12-10-21/h4,8,13-14H,1-3,5-7,9-12H2,(H,19,24). The number of ether oxygens (including phenoxy) is 1. The fourth-order valence-electron chi connectivity index (χ4n) is 3.81. The molecule has 4 heterocycles. The number of carbonyl (C=O) groups excluding carboxylic acids is 1. The zero-order chi connectivity index (χ0) is 17.9. The highest BCUT2D eigenvalue weighted by atomic mass is 16.5. The van der Waals surface area contributed by atoms with E-state index in [1.807, 2.05) is 4.90 Å². The highest BCUT2D eigenvalue weighted by Crippen LogP contribution is 2.22. The fraction of sp³-hybridized carbons (Fsp3) is 0.611. The monoisotopic (exact) mass is 359 g/mol. The number of piperidine rings is 1. The highest BCUT2D eigenvalue weighted by molar-refractivity contribution is 5.92. The molecule has 2 aliphatic heterocycles. The third-order valence-corrected chi connectivity index (χ3v) is 5.46. The Morgan fingerprint density at radius 1 is 1.23 bits per heavy atom. The van der Waals surface area contributed by atoms with Crippen molar-refractivity contribution in [2.24, 2.45) is 5.92 Å². The van der Waals surface area contributed by atoms with Crippen LogP contribution in [0.5, 0.6) is 0 Å². The second-order valence-electron chi connectivity index (χ2n) is 7.12. The van der Waals surface area contributed by atoms with E-state index in [-0.39, 0.29) is 17.1 Å². The molecule has 0 atom stereocenters. The third kappa shape index (κ3) is 3.66. The van der Waals surface area contributed by atoms with Gasteiger partial charge in [0.1, 0.15) is 5.69 Å². The maximum absolute atomic E-state index is 12.7. The SMILES string of the molecule is O=C(c1cn2cc[nH]c(=O)c2n1)N1CCC(CCN2CCOCC2)CC1. The number of hydrogen-bond donors (Lipinski definition) is 1. The molecule has 2 aliphatic rings. The Hall–Kier alpha value is -2.19. The predicted octanol–water partition coefficient (Wildman–Crippen LogP) is 0.597. The molecule has 140 valence electrons. The molecule has 0 spiro atoms. The Labute approximate surface area is 151 Å². The number of nitrogens with one attached hydrogen (secondary N) is 1. The van der Waals surface area contributed by atoms with Crippen LogP contribution < -0.4 is 5.56 Å². The van der Waals surface area contributed by atoms with Crippen LogP contribution in [-0.4, -0.2) is 76.0 Å². The Bertz CT molecular complexity index is 816. The minimum atomic E-state index is -0.284. The van der Waals surface area contributed by atoms with Gasteiger partial charge in [-0.2, -0.15) is 0 Å². The molecule has 26 heavy (non-hydrogen) atoms. The van der Waals surface area contributed by atoms with E-state index in [1.54, 1.807) is 23.0 Å². The summed E-state index contributed by atoms with van der Waals surface area (Å²) in [6.07, 6.45) is 8.13. The summed E-state index contributed by atoms with van der Waals surface area (Å²) in [4.78, 5) is 35.6. The molecule has 2 aromatic rings.